The molecule has 1 aliphatic rings. The summed E-state index contributed by atoms with van der Waals surface area (Å²) < 4.78 is 0. The fourth-order valence-corrected chi connectivity index (χ4v) is 2.73. The number of hydrogen-bond acceptors (Lipinski definition) is 1. The van der Waals surface area contributed by atoms with Crippen LogP contribution in [0.15, 0.2) is 12.7 Å². The van der Waals surface area contributed by atoms with E-state index in [1.54, 1.807) is 0 Å². The average molecular weight is 222 g/mol. The summed E-state index contributed by atoms with van der Waals surface area (Å²) in [4.78, 5) is 11.9. The molecule has 0 heterocycles. The summed E-state index contributed by atoms with van der Waals surface area (Å²) in [5, 5.41) is 0. The van der Waals surface area contributed by atoms with Crippen molar-refractivity contribution in [2.24, 2.45) is 17.8 Å². The predicted molar refractivity (Wildman–Crippen MR) is 69.3 cm³/mol. The number of hydrogen-bond donors (Lipinski definition) is 0. The van der Waals surface area contributed by atoms with E-state index in [1.807, 2.05) is 6.08 Å². The molecule has 0 aliphatic heterocycles. The van der Waals surface area contributed by atoms with E-state index < -0.39 is 0 Å². The highest BCUT2D eigenvalue weighted by atomic mass is 16.1. The Labute approximate surface area is 100 Å². The summed E-state index contributed by atoms with van der Waals surface area (Å²) in [6.45, 7) is 8.29. The molecule has 0 amide bonds. The molecule has 16 heavy (non-hydrogen) atoms. The maximum atomic E-state index is 11.9. The van der Waals surface area contributed by atoms with E-state index in [2.05, 4.69) is 20.4 Å². The fourth-order valence-electron chi connectivity index (χ4n) is 2.73. The topological polar surface area (TPSA) is 17.1 Å². The summed E-state index contributed by atoms with van der Waals surface area (Å²) in [6.07, 6.45) is 9.43. The van der Waals surface area contributed by atoms with E-state index in [0.717, 1.165) is 43.9 Å². The van der Waals surface area contributed by atoms with Crippen molar-refractivity contribution < 1.29 is 4.79 Å². The highest BCUT2D eigenvalue weighted by Crippen LogP contribution is 2.34. The average Bonchev–Trinajstić information content (AvgIpc) is 2.29. The Kier molecular flexibility index (Phi) is 5.79. The van der Waals surface area contributed by atoms with E-state index in [1.165, 1.54) is 12.8 Å². The van der Waals surface area contributed by atoms with E-state index in [4.69, 9.17) is 0 Å². The molecule has 0 bridgehead atoms. The Morgan fingerprint density at radius 1 is 1.31 bits per heavy atom. The predicted octanol–water partition coefficient (Wildman–Crippen LogP) is 4.37. The van der Waals surface area contributed by atoms with Crippen LogP contribution in [0.5, 0.6) is 0 Å². The van der Waals surface area contributed by atoms with Crippen molar-refractivity contribution in [1.29, 1.82) is 0 Å². The molecular formula is C15H26O. The van der Waals surface area contributed by atoms with Gasteiger partial charge in [0, 0.05) is 12.3 Å². The van der Waals surface area contributed by atoms with Crippen LogP contribution in [0.1, 0.15) is 58.8 Å². The minimum absolute atomic E-state index is 0.375. The lowest BCUT2D eigenvalue weighted by atomic mass is 9.75. The van der Waals surface area contributed by atoms with Crippen LogP contribution in [0.4, 0.5) is 0 Å². The Bertz CT molecular complexity index is 222. The summed E-state index contributed by atoms with van der Waals surface area (Å²) in [5.74, 6) is 2.53. The van der Waals surface area contributed by atoms with Crippen LogP contribution >= 0.6 is 0 Å². The van der Waals surface area contributed by atoms with Gasteiger partial charge in [-0.05, 0) is 50.4 Å². The zero-order valence-corrected chi connectivity index (χ0v) is 10.9. The van der Waals surface area contributed by atoms with Crippen LogP contribution in [-0.2, 0) is 4.79 Å². The summed E-state index contributed by atoms with van der Waals surface area (Å²) in [6, 6.07) is 0. The van der Waals surface area contributed by atoms with Crippen molar-refractivity contribution in [3.05, 3.63) is 12.7 Å². The van der Waals surface area contributed by atoms with E-state index in [9.17, 15) is 4.79 Å². The lowest BCUT2D eigenvalue weighted by Crippen LogP contribution is -2.24. The second-order valence-corrected chi connectivity index (χ2v) is 5.50. The molecule has 1 nitrogen and oxygen atoms in total. The normalized spacial score (nSPS) is 25.7. The molecule has 1 aliphatic carbocycles. The monoisotopic (exact) mass is 222 g/mol. The number of Topliss-reactive ketones (excluding diaryl/α,β-unsaturated/α-hetero) is 1. The zero-order valence-electron chi connectivity index (χ0n) is 10.9. The van der Waals surface area contributed by atoms with Gasteiger partial charge < -0.3 is 0 Å². The third-order valence-corrected chi connectivity index (χ3v) is 4.00. The van der Waals surface area contributed by atoms with Gasteiger partial charge in [-0.15, -0.1) is 6.58 Å². The lowest BCUT2D eigenvalue weighted by molar-refractivity contribution is -0.124. The maximum Gasteiger partial charge on any atom is 0.135 e. The molecular weight excluding hydrogens is 196 g/mol. The van der Waals surface area contributed by atoms with Crippen molar-refractivity contribution in [2.45, 2.75) is 58.8 Å². The molecule has 0 unspecified atom stereocenters. The fraction of sp³-hybridized carbons (Fsp3) is 0.800. The highest BCUT2D eigenvalue weighted by molar-refractivity contribution is 5.81. The van der Waals surface area contributed by atoms with Crippen LogP contribution in [0, 0.1) is 17.8 Å². The number of unbranched alkanes of at least 4 members (excludes halogenated alkanes) is 1. The third-order valence-electron chi connectivity index (χ3n) is 4.00. The minimum Gasteiger partial charge on any atom is -0.299 e. The number of rotatable bonds is 6. The molecule has 0 spiro atoms. The van der Waals surface area contributed by atoms with Crippen molar-refractivity contribution in [3.63, 3.8) is 0 Å². The largest absolute Gasteiger partial charge is 0.299 e. The van der Waals surface area contributed by atoms with Crippen molar-refractivity contribution in [2.75, 3.05) is 0 Å². The summed E-state index contributed by atoms with van der Waals surface area (Å²) >= 11 is 0. The maximum absolute atomic E-state index is 11.9. The van der Waals surface area contributed by atoms with E-state index >= 15 is 0 Å². The lowest BCUT2D eigenvalue weighted by Gasteiger charge is -2.30. The Morgan fingerprint density at radius 2 is 1.94 bits per heavy atom. The first-order chi connectivity index (χ1) is 7.65. The molecule has 1 heteroatoms. The standard InChI is InChI=1S/C15H26O/c1-4-5-6-7-15(16)14-10-8-13(9-11-14)12(2)3/h4,12-14H,1,5-11H2,2-3H3. The quantitative estimate of drug-likeness (QED) is 0.481. The summed E-state index contributed by atoms with van der Waals surface area (Å²) in [5.41, 5.74) is 0. The van der Waals surface area contributed by atoms with E-state index in [-0.39, 0.29) is 0 Å². The van der Waals surface area contributed by atoms with Gasteiger partial charge in [-0.25, -0.2) is 0 Å². The number of allylic oxidation sites excluding steroid dienone is 1. The highest BCUT2D eigenvalue weighted by Gasteiger charge is 2.26. The Balaban J connectivity index is 2.24. The molecule has 0 radical (unpaired) electrons. The first-order valence-electron chi connectivity index (χ1n) is 6.78. The molecule has 0 N–H and O–H groups in total. The smallest absolute Gasteiger partial charge is 0.135 e. The van der Waals surface area contributed by atoms with Gasteiger partial charge in [0.25, 0.3) is 0 Å². The van der Waals surface area contributed by atoms with Gasteiger partial charge in [0.2, 0.25) is 0 Å². The van der Waals surface area contributed by atoms with Crippen LogP contribution < -0.4 is 0 Å². The molecule has 0 saturated heterocycles. The number of ketones is 1. The van der Waals surface area contributed by atoms with Gasteiger partial charge in [-0.2, -0.15) is 0 Å². The number of carbonyl (C=O) groups excluding carboxylic acids is 1. The van der Waals surface area contributed by atoms with E-state index in [0.29, 0.717) is 11.7 Å². The zero-order chi connectivity index (χ0) is 12.0. The van der Waals surface area contributed by atoms with Gasteiger partial charge in [0.15, 0.2) is 0 Å². The molecule has 1 rings (SSSR count). The van der Waals surface area contributed by atoms with Crippen LogP contribution in [0.25, 0.3) is 0 Å². The minimum atomic E-state index is 0.375. The van der Waals surface area contributed by atoms with Crippen molar-refractivity contribution in [1.82, 2.24) is 0 Å². The Morgan fingerprint density at radius 3 is 2.44 bits per heavy atom. The van der Waals surface area contributed by atoms with Crippen molar-refractivity contribution in [3.8, 4) is 0 Å². The van der Waals surface area contributed by atoms with Gasteiger partial charge in [0.05, 0.1) is 0 Å². The van der Waals surface area contributed by atoms with Crippen LogP contribution in [0.3, 0.4) is 0 Å². The molecule has 0 aromatic carbocycles. The first-order valence-corrected chi connectivity index (χ1v) is 6.78. The second kappa shape index (κ2) is 6.88. The first kappa shape index (κ1) is 13.5. The van der Waals surface area contributed by atoms with Gasteiger partial charge >= 0.3 is 0 Å². The molecule has 1 fully saturated rings. The van der Waals surface area contributed by atoms with Gasteiger partial charge in [-0.3, -0.25) is 4.79 Å². The van der Waals surface area contributed by atoms with Gasteiger partial charge in [0.1, 0.15) is 5.78 Å². The number of carbonyl (C=O) groups is 1. The van der Waals surface area contributed by atoms with Gasteiger partial charge in [-0.1, -0.05) is 19.9 Å². The van der Waals surface area contributed by atoms with Crippen LogP contribution in [-0.4, -0.2) is 5.78 Å². The second-order valence-electron chi connectivity index (χ2n) is 5.50. The van der Waals surface area contributed by atoms with Crippen LogP contribution in [0.2, 0.25) is 0 Å². The summed E-state index contributed by atoms with van der Waals surface area (Å²) in [7, 11) is 0. The molecule has 0 aromatic heterocycles. The SMILES string of the molecule is C=CCCCC(=O)C1CCC(C(C)C)CC1. The third kappa shape index (κ3) is 4.11. The molecule has 0 aromatic rings. The molecule has 1 saturated carbocycles. The Hall–Kier alpha value is -0.590. The molecule has 92 valence electrons. The van der Waals surface area contributed by atoms with Crippen molar-refractivity contribution >= 4 is 5.78 Å². The molecule has 0 atom stereocenters.